The molecule has 2 heterocycles. The summed E-state index contributed by atoms with van der Waals surface area (Å²) >= 11 is 0. The fourth-order valence-electron chi connectivity index (χ4n) is 3.61. The minimum atomic E-state index is -0.698. The molecule has 0 bridgehead atoms. The van der Waals surface area contributed by atoms with Crippen LogP contribution in [0.5, 0.6) is 0 Å². The van der Waals surface area contributed by atoms with Crippen molar-refractivity contribution >= 4 is 11.9 Å². The van der Waals surface area contributed by atoms with Gasteiger partial charge in [-0.05, 0) is 45.6 Å². The van der Waals surface area contributed by atoms with Crippen LogP contribution < -0.4 is 5.32 Å². The van der Waals surface area contributed by atoms with Gasteiger partial charge in [-0.25, -0.2) is 0 Å². The number of hydrogen-bond acceptors (Lipinski definition) is 3. The third-order valence-corrected chi connectivity index (χ3v) is 5.03. The standard InChI is InChI=1S/C15H26N2O3/c1-3-5-15(13(19)20)7-10-17(11-8-15)12(18)14(2)6-4-9-16-14/h16H,3-11H2,1-2H3,(H,19,20). The minimum Gasteiger partial charge on any atom is -0.481 e. The monoisotopic (exact) mass is 282 g/mol. The molecule has 2 rings (SSSR count). The lowest BCUT2D eigenvalue weighted by molar-refractivity contribution is -0.156. The molecule has 0 aromatic heterocycles. The first-order valence-corrected chi connectivity index (χ1v) is 7.71. The molecule has 2 N–H and O–H groups in total. The smallest absolute Gasteiger partial charge is 0.309 e. The Labute approximate surface area is 120 Å². The quantitative estimate of drug-likeness (QED) is 0.822. The van der Waals surface area contributed by atoms with Crippen LogP contribution in [0.2, 0.25) is 0 Å². The SMILES string of the molecule is CCCC1(C(=O)O)CCN(C(=O)C2(C)CCCN2)CC1. The molecule has 2 fully saturated rings. The van der Waals surface area contributed by atoms with E-state index in [9.17, 15) is 14.7 Å². The molecule has 0 radical (unpaired) electrons. The summed E-state index contributed by atoms with van der Waals surface area (Å²) in [4.78, 5) is 26.0. The second kappa shape index (κ2) is 5.72. The maximum Gasteiger partial charge on any atom is 0.309 e. The Hall–Kier alpha value is -1.10. The number of hydrogen-bond donors (Lipinski definition) is 2. The van der Waals surface area contributed by atoms with Gasteiger partial charge in [0.05, 0.1) is 11.0 Å². The molecular formula is C15H26N2O3. The van der Waals surface area contributed by atoms with Crippen LogP contribution in [0.4, 0.5) is 0 Å². The number of amides is 1. The van der Waals surface area contributed by atoms with E-state index >= 15 is 0 Å². The Morgan fingerprint density at radius 2 is 1.90 bits per heavy atom. The molecule has 2 saturated heterocycles. The van der Waals surface area contributed by atoms with Crippen molar-refractivity contribution in [2.75, 3.05) is 19.6 Å². The van der Waals surface area contributed by atoms with Gasteiger partial charge in [-0.15, -0.1) is 0 Å². The van der Waals surface area contributed by atoms with E-state index in [1.54, 1.807) is 0 Å². The van der Waals surface area contributed by atoms with Crippen molar-refractivity contribution in [3.05, 3.63) is 0 Å². The normalized spacial score (nSPS) is 29.4. The van der Waals surface area contributed by atoms with Crippen LogP contribution in [0.25, 0.3) is 0 Å². The Bertz CT molecular complexity index is 381. The highest BCUT2D eigenvalue weighted by molar-refractivity contribution is 5.86. The highest BCUT2D eigenvalue weighted by Gasteiger charge is 2.45. The fourth-order valence-corrected chi connectivity index (χ4v) is 3.61. The summed E-state index contributed by atoms with van der Waals surface area (Å²) in [5.41, 5.74) is -1.05. The summed E-state index contributed by atoms with van der Waals surface area (Å²) in [7, 11) is 0. The van der Waals surface area contributed by atoms with E-state index in [2.05, 4.69) is 5.32 Å². The maximum absolute atomic E-state index is 12.6. The first kappa shape index (κ1) is 15.3. The minimum absolute atomic E-state index is 0.144. The highest BCUT2D eigenvalue weighted by atomic mass is 16.4. The molecule has 1 atom stereocenters. The average molecular weight is 282 g/mol. The summed E-state index contributed by atoms with van der Waals surface area (Å²) in [6.07, 6.45) is 4.65. The second-order valence-electron chi connectivity index (χ2n) is 6.49. The average Bonchev–Trinajstić information content (AvgIpc) is 2.87. The molecule has 5 heteroatoms. The van der Waals surface area contributed by atoms with Crippen LogP contribution in [-0.4, -0.2) is 47.1 Å². The van der Waals surface area contributed by atoms with E-state index in [1.165, 1.54) is 0 Å². The third kappa shape index (κ3) is 2.68. The summed E-state index contributed by atoms with van der Waals surface area (Å²) in [6.45, 7) is 6.02. The molecule has 1 amide bonds. The highest BCUT2D eigenvalue weighted by Crippen LogP contribution is 2.37. The van der Waals surface area contributed by atoms with Gasteiger partial charge in [0.2, 0.25) is 5.91 Å². The molecule has 0 saturated carbocycles. The van der Waals surface area contributed by atoms with Crippen LogP contribution in [0.15, 0.2) is 0 Å². The lowest BCUT2D eigenvalue weighted by Gasteiger charge is -2.41. The van der Waals surface area contributed by atoms with Gasteiger partial charge in [0.25, 0.3) is 0 Å². The Morgan fingerprint density at radius 3 is 2.35 bits per heavy atom. The number of likely N-dealkylation sites (tertiary alicyclic amines) is 1. The van der Waals surface area contributed by atoms with Gasteiger partial charge in [0, 0.05) is 13.1 Å². The first-order chi connectivity index (χ1) is 9.43. The third-order valence-electron chi connectivity index (χ3n) is 5.03. The van der Waals surface area contributed by atoms with Gasteiger partial charge in [-0.2, -0.15) is 0 Å². The zero-order valence-corrected chi connectivity index (χ0v) is 12.6. The number of piperidine rings is 1. The van der Waals surface area contributed by atoms with Crippen LogP contribution in [0, 0.1) is 5.41 Å². The van der Waals surface area contributed by atoms with Crippen LogP contribution >= 0.6 is 0 Å². The summed E-state index contributed by atoms with van der Waals surface area (Å²) < 4.78 is 0. The van der Waals surface area contributed by atoms with Crippen molar-refractivity contribution in [2.24, 2.45) is 5.41 Å². The van der Waals surface area contributed by atoms with Gasteiger partial charge in [0.1, 0.15) is 0 Å². The zero-order valence-electron chi connectivity index (χ0n) is 12.6. The van der Waals surface area contributed by atoms with Crippen molar-refractivity contribution in [2.45, 2.75) is 57.9 Å². The topological polar surface area (TPSA) is 69.6 Å². The summed E-state index contributed by atoms with van der Waals surface area (Å²) in [6, 6.07) is 0. The number of carboxylic acid groups (broad SMARTS) is 1. The van der Waals surface area contributed by atoms with E-state index in [-0.39, 0.29) is 5.91 Å². The maximum atomic E-state index is 12.6. The van der Waals surface area contributed by atoms with Crippen molar-refractivity contribution in [3.63, 3.8) is 0 Å². The van der Waals surface area contributed by atoms with E-state index in [0.717, 1.165) is 25.8 Å². The number of carboxylic acids is 1. The van der Waals surface area contributed by atoms with Crippen LogP contribution in [0.3, 0.4) is 0 Å². The van der Waals surface area contributed by atoms with Crippen molar-refractivity contribution < 1.29 is 14.7 Å². The number of nitrogens with zero attached hydrogens (tertiary/aromatic N) is 1. The molecule has 1 unspecified atom stereocenters. The number of nitrogens with one attached hydrogen (secondary N) is 1. The van der Waals surface area contributed by atoms with E-state index in [0.29, 0.717) is 32.4 Å². The predicted octanol–water partition coefficient (Wildman–Crippen LogP) is 1.62. The van der Waals surface area contributed by atoms with Crippen molar-refractivity contribution in [1.82, 2.24) is 10.2 Å². The Balaban J connectivity index is 2.00. The van der Waals surface area contributed by atoms with Gasteiger partial charge < -0.3 is 15.3 Å². The molecule has 0 aliphatic carbocycles. The molecule has 0 aromatic carbocycles. The number of carbonyl (C=O) groups is 2. The predicted molar refractivity (Wildman–Crippen MR) is 76.4 cm³/mol. The zero-order chi connectivity index (χ0) is 14.8. The molecule has 114 valence electrons. The second-order valence-corrected chi connectivity index (χ2v) is 6.49. The van der Waals surface area contributed by atoms with Gasteiger partial charge in [0.15, 0.2) is 0 Å². The lowest BCUT2D eigenvalue weighted by Crippen LogP contribution is -2.56. The molecule has 5 nitrogen and oxygen atoms in total. The fraction of sp³-hybridized carbons (Fsp3) is 0.867. The first-order valence-electron chi connectivity index (χ1n) is 7.71. The molecule has 20 heavy (non-hydrogen) atoms. The number of aliphatic carboxylic acids is 1. The Morgan fingerprint density at radius 1 is 1.25 bits per heavy atom. The summed E-state index contributed by atoms with van der Waals surface area (Å²) in [5, 5.41) is 12.8. The molecule has 2 aliphatic rings. The van der Waals surface area contributed by atoms with Gasteiger partial charge >= 0.3 is 5.97 Å². The van der Waals surface area contributed by atoms with Crippen LogP contribution in [0.1, 0.15) is 52.4 Å². The van der Waals surface area contributed by atoms with E-state index < -0.39 is 16.9 Å². The van der Waals surface area contributed by atoms with Crippen molar-refractivity contribution in [1.29, 1.82) is 0 Å². The lowest BCUT2D eigenvalue weighted by atomic mass is 9.74. The molecule has 0 aromatic rings. The Kier molecular flexibility index (Phi) is 4.37. The molecule has 2 aliphatic heterocycles. The largest absolute Gasteiger partial charge is 0.481 e. The van der Waals surface area contributed by atoms with Gasteiger partial charge in [-0.1, -0.05) is 13.3 Å². The van der Waals surface area contributed by atoms with E-state index in [1.807, 2.05) is 18.7 Å². The van der Waals surface area contributed by atoms with Crippen LogP contribution in [-0.2, 0) is 9.59 Å². The van der Waals surface area contributed by atoms with E-state index in [4.69, 9.17) is 0 Å². The van der Waals surface area contributed by atoms with Gasteiger partial charge in [-0.3, -0.25) is 9.59 Å². The summed E-state index contributed by atoms with van der Waals surface area (Å²) in [5.74, 6) is -0.554. The number of rotatable bonds is 4. The number of carbonyl (C=O) groups excluding carboxylic acids is 1. The van der Waals surface area contributed by atoms with Crippen molar-refractivity contribution in [3.8, 4) is 0 Å². The molecule has 0 spiro atoms. The molecular weight excluding hydrogens is 256 g/mol.